The van der Waals surface area contributed by atoms with E-state index in [0.29, 0.717) is 5.69 Å². The molecular weight excluding hydrogens is 283 g/mol. The van der Waals surface area contributed by atoms with E-state index in [4.69, 9.17) is 11.7 Å². The first kappa shape index (κ1) is 13.5. The highest BCUT2D eigenvalue weighted by atomic mass is 79.9. The summed E-state index contributed by atoms with van der Waals surface area (Å²) in [5.41, 5.74) is 0.577. The third-order valence-electron chi connectivity index (χ3n) is 2.31. The maximum Gasteiger partial charge on any atom is 0.161 e. The van der Waals surface area contributed by atoms with Crippen molar-refractivity contribution in [3.05, 3.63) is 28.0 Å². The molecular formula is C13H12BrFN2. The molecule has 0 saturated carbocycles. The lowest BCUT2D eigenvalue weighted by molar-refractivity contribution is 0.619. The quantitative estimate of drug-likeness (QED) is 0.860. The van der Waals surface area contributed by atoms with Crippen molar-refractivity contribution in [2.45, 2.75) is 25.8 Å². The average molecular weight is 295 g/mol. The first-order valence-corrected chi connectivity index (χ1v) is 6.04. The molecule has 0 aliphatic rings. The SMILES string of the molecule is C#CC(CCC)Nc1ccc(C#N)c(Br)c1F. The van der Waals surface area contributed by atoms with Crippen LogP contribution in [0.4, 0.5) is 10.1 Å². The first-order valence-electron chi connectivity index (χ1n) is 5.24. The minimum absolute atomic E-state index is 0.164. The summed E-state index contributed by atoms with van der Waals surface area (Å²) >= 11 is 3.05. The van der Waals surface area contributed by atoms with E-state index in [0.717, 1.165) is 12.8 Å². The smallest absolute Gasteiger partial charge is 0.161 e. The summed E-state index contributed by atoms with van der Waals surface area (Å²) in [7, 11) is 0. The molecule has 1 unspecified atom stereocenters. The molecule has 0 heterocycles. The van der Waals surface area contributed by atoms with Crippen LogP contribution in [-0.2, 0) is 0 Å². The molecule has 1 rings (SSSR count). The number of nitrogens with one attached hydrogen (secondary N) is 1. The Hall–Kier alpha value is -1.52. The molecule has 0 aliphatic carbocycles. The summed E-state index contributed by atoms with van der Waals surface area (Å²) in [5, 5.41) is 11.7. The Morgan fingerprint density at radius 3 is 2.82 bits per heavy atom. The van der Waals surface area contributed by atoms with Gasteiger partial charge in [-0.25, -0.2) is 4.39 Å². The molecule has 0 radical (unpaired) electrons. The third-order valence-corrected chi connectivity index (χ3v) is 3.09. The van der Waals surface area contributed by atoms with Gasteiger partial charge in [-0.05, 0) is 34.5 Å². The normalized spacial score (nSPS) is 11.4. The second-order valence-electron chi connectivity index (χ2n) is 3.55. The number of rotatable bonds is 4. The number of hydrogen-bond donors (Lipinski definition) is 1. The fraction of sp³-hybridized carbons (Fsp3) is 0.308. The number of benzene rings is 1. The van der Waals surface area contributed by atoms with Crippen LogP contribution < -0.4 is 5.32 Å². The Balaban J connectivity index is 2.98. The molecule has 2 nitrogen and oxygen atoms in total. The molecule has 0 fully saturated rings. The lowest BCUT2D eigenvalue weighted by Gasteiger charge is -2.15. The van der Waals surface area contributed by atoms with Crippen molar-refractivity contribution >= 4 is 21.6 Å². The second kappa shape index (κ2) is 6.27. The van der Waals surface area contributed by atoms with Crippen LogP contribution in [-0.4, -0.2) is 6.04 Å². The highest BCUT2D eigenvalue weighted by molar-refractivity contribution is 9.10. The van der Waals surface area contributed by atoms with Crippen molar-refractivity contribution in [3.8, 4) is 18.4 Å². The summed E-state index contributed by atoms with van der Waals surface area (Å²) in [4.78, 5) is 0. The number of nitrogens with zero attached hydrogens (tertiary/aromatic N) is 1. The number of nitriles is 1. The molecule has 0 aromatic heterocycles. The number of halogens is 2. The van der Waals surface area contributed by atoms with Gasteiger partial charge in [0.05, 0.1) is 21.8 Å². The Morgan fingerprint density at radius 2 is 2.29 bits per heavy atom. The van der Waals surface area contributed by atoms with Gasteiger partial charge in [-0.2, -0.15) is 5.26 Å². The van der Waals surface area contributed by atoms with E-state index >= 15 is 0 Å². The summed E-state index contributed by atoms with van der Waals surface area (Å²) in [5.74, 6) is 2.08. The van der Waals surface area contributed by atoms with E-state index in [2.05, 4.69) is 27.2 Å². The van der Waals surface area contributed by atoms with Crippen molar-refractivity contribution < 1.29 is 4.39 Å². The van der Waals surface area contributed by atoms with E-state index in [9.17, 15) is 4.39 Å². The zero-order chi connectivity index (χ0) is 12.8. The molecule has 17 heavy (non-hydrogen) atoms. The minimum Gasteiger partial charge on any atom is -0.369 e. The molecule has 1 aromatic rings. The van der Waals surface area contributed by atoms with Gasteiger partial charge in [0.1, 0.15) is 6.07 Å². The average Bonchev–Trinajstić information content (AvgIpc) is 2.34. The zero-order valence-electron chi connectivity index (χ0n) is 9.43. The van der Waals surface area contributed by atoms with Gasteiger partial charge in [-0.3, -0.25) is 0 Å². The fourth-order valence-corrected chi connectivity index (χ4v) is 1.86. The summed E-state index contributed by atoms with van der Waals surface area (Å²) in [6.45, 7) is 2.01. The van der Waals surface area contributed by atoms with Gasteiger partial charge in [0, 0.05) is 0 Å². The largest absolute Gasteiger partial charge is 0.369 e. The zero-order valence-corrected chi connectivity index (χ0v) is 11.0. The van der Waals surface area contributed by atoms with Crippen molar-refractivity contribution in [2.75, 3.05) is 5.32 Å². The van der Waals surface area contributed by atoms with E-state index in [1.54, 1.807) is 6.07 Å². The molecule has 0 saturated heterocycles. The van der Waals surface area contributed by atoms with E-state index in [-0.39, 0.29) is 16.1 Å². The summed E-state index contributed by atoms with van der Waals surface area (Å²) in [6, 6.07) is 4.78. The van der Waals surface area contributed by atoms with Crippen molar-refractivity contribution in [1.29, 1.82) is 5.26 Å². The number of anilines is 1. The molecule has 1 aromatic carbocycles. The molecule has 0 amide bonds. The minimum atomic E-state index is -0.486. The van der Waals surface area contributed by atoms with Gasteiger partial charge >= 0.3 is 0 Å². The van der Waals surface area contributed by atoms with Crippen molar-refractivity contribution in [3.63, 3.8) is 0 Å². The van der Waals surface area contributed by atoms with E-state index in [1.807, 2.05) is 13.0 Å². The van der Waals surface area contributed by atoms with Crippen LogP contribution in [0.2, 0.25) is 0 Å². The maximum atomic E-state index is 13.9. The topological polar surface area (TPSA) is 35.8 Å². The third kappa shape index (κ3) is 3.22. The van der Waals surface area contributed by atoms with Crippen LogP contribution in [0.3, 0.4) is 0 Å². The lowest BCUT2D eigenvalue weighted by atomic mass is 10.1. The summed E-state index contributed by atoms with van der Waals surface area (Å²) < 4.78 is 14.0. The Bertz CT molecular complexity index is 485. The monoisotopic (exact) mass is 294 g/mol. The Morgan fingerprint density at radius 1 is 1.59 bits per heavy atom. The predicted octanol–water partition coefficient (Wildman–Crippen LogP) is 3.67. The van der Waals surface area contributed by atoms with Gasteiger partial charge in [0.25, 0.3) is 0 Å². The maximum absolute atomic E-state index is 13.9. The fourth-order valence-electron chi connectivity index (χ4n) is 1.42. The van der Waals surface area contributed by atoms with Crippen LogP contribution in [0.1, 0.15) is 25.3 Å². The van der Waals surface area contributed by atoms with Crippen LogP contribution in [0.25, 0.3) is 0 Å². The van der Waals surface area contributed by atoms with Gasteiger partial charge in [-0.15, -0.1) is 6.42 Å². The first-order chi connectivity index (χ1) is 8.13. The molecule has 4 heteroatoms. The number of terminal acetylenes is 1. The standard InChI is InChI=1S/C13H12BrFN2/c1-3-5-10(4-2)17-11-7-6-9(8-16)12(14)13(11)15/h2,6-7,10,17H,3,5H2,1H3. The van der Waals surface area contributed by atoms with Crippen molar-refractivity contribution in [1.82, 2.24) is 0 Å². The molecule has 0 spiro atoms. The Labute approximate surface area is 109 Å². The molecule has 1 atom stereocenters. The predicted molar refractivity (Wildman–Crippen MR) is 70.0 cm³/mol. The second-order valence-corrected chi connectivity index (χ2v) is 4.35. The molecule has 0 bridgehead atoms. The highest BCUT2D eigenvalue weighted by Crippen LogP contribution is 2.27. The van der Waals surface area contributed by atoms with Crippen LogP contribution in [0.15, 0.2) is 16.6 Å². The molecule has 88 valence electrons. The van der Waals surface area contributed by atoms with E-state index < -0.39 is 5.82 Å². The van der Waals surface area contributed by atoms with Crippen molar-refractivity contribution in [2.24, 2.45) is 0 Å². The van der Waals surface area contributed by atoms with Crippen LogP contribution in [0, 0.1) is 29.5 Å². The van der Waals surface area contributed by atoms with Gasteiger partial charge in [0.15, 0.2) is 5.82 Å². The van der Waals surface area contributed by atoms with Gasteiger partial charge in [-0.1, -0.05) is 19.3 Å². The lowest BCUT2D eigenvalue weighted by Crippen LogP contribution is -2.17. The highest BCUT2D eigenvalue weighted by Gasteiger charge is 2.13. The van der Waals surface area contributed by atoms with Gasteiger partial charge in [0.2, 0.25) is 0 Å². The van der Waals surface area contributed by atoms with Crippen LogP contribution in [0.5, 0.6) is 0 Å². The Kier molecular flexibility index (Phi) is 5.00. The van der Waals surface area contributed by atoms with Gasteiger partial charge < -0.3 is 5.32 Å². The summed E-state index contributed by atoms with van der Waals surface area (Å²) in [6.07, 6.45) is 7.04. The number of hydrogen-bond acceptors (Lipinski definition) is 2. The van der Waals surface area contributed by atoms with E-state index in [1.165, 1.54) is 6.07 Å². The van der Waals surface area contributed by atoms with Crippen LogP contribution >= 0.6 is 15.9 Å². The molecule has 1 N–H and O–H groups in total. The molecule has 0 aliphatic heterocycles.